The zero-order valence-corrected chi connectivity index (χ0v) is 12.3. The molecule has 2 rings (SSSR count). The standard InChI is InChI=1S/C14H26N2O.ClH/c1-11(15)13-8-5-9-16(10-13)14(17)12-6-3-2-4-7-12;/h11-13H,2-10,15H2,1H3;1H. The summed E-state index contributed by atoms with van der Waals surface area (Å²) in [7, 11) is 0. The van der Waals surface area contributed by atoms with Crippen LogP contribution in [0.3, 0.4) is 0 Å². The number of piperidine rings is 1. The Morgan fingerprint density at radius 2 is 1.83 bits per heavy atom. The molecular formula is C14H27ClN2O. The van der Waals surface area contributed by atoms with E-state index in [0.717, 1.165) is 32.4 Å². The van der Waals surface area contributed by atoms with E-state index in [1.54, 1.807) is 0 Å². The fraction of sp³-hybridized carbons (Fsp3) is 0.929. The number of rotatable bonds is 2. The zero-order chi connectivity index (χ0) is 12.3. The lowest BCUT2D eigenvalue weighted by atomic mass is 9.86. The minimum atomic E-state index is 0. The molecule has 1 saturated carbocycles. The molecule has 2 N–H and O–H groups in total. The smallest absolute Gasteiger partial charge is 0.225 e. The minimum absolute atomic E-state index is 0. The van der Waals surface area contributed by atoms with Crippen molar-refractivity contribution < 1.29 is 4.79 Å². The van der Waals surface area contributed by atoms with Gasteiger partial charge in [0.1, 0.15) is 0 Å². The van der Waals surface area contributed by atoms with Gasteiger partial charge >= 0.3 is 0 Å². The summed E-state index contributed by atoms with van der Waals surface area (Å²) in [4.78, 5) is 14.5. The van der Waals surface area contributed by atoms with Gasteiger partial charge in [-0.2, -0.15) is 0 Å². The third-order valence-corrected chi connectivity index (χ3v) is 4.47. The molecule has 2 unspecified atom stereocenters. The molecule has 18 heavy (non-hydrogen) atoms. The van der Waals surface area contributed by atoms with Crippen LogP contribution in [0.2, 0.25) is 0 Å². The van der Waals surface area contributed by atoms with Crippen LogP contribution in [-0.4, -0.2) is 29.9 Å². The molecule has 1 aliphatic carbocycles. The van der Waals surface area contributed by atoms with Crippen molar-refractivity contribution >= 4 is 18.3 Å². The second kappa shape index (κ2) is 7.34. The predicted octanol–water partition coefficient (Wildman–Crippen LogP) is 2.57. The first-order valence-corrected chi connectivity index (χ1v) is 7.23. The van der Waals surface area contributed by atoms with Crippen LogP contribution < -0.4 is 5.73 Å². The van der Waals surface area contributed by atoms with E-state index in [1.807, 2.05) is 0 Å². The van der Waals surface area contributed by atoms with E-state index in [0.29, 0.717) is 17.7 Å². The summed E-state index contributed by atoms with van der Waals surface area (Å²) in [5, 5.41) is 0. The first-order valence-electron chi connectivity index (χ1n) is 7.23. The van der Waals surface area contributed by atoms with Crippen LogP contribution in [0.25, 0.3) is 0 Å². The number of hydrogen-bond acceptors (Lipinski definition) is 2. The van der Waals surface area contributed by atoms with Crippen LogP contribution in [0, 0.1) is 11.8 Å². The summed E-state index contributed by atoms with van der Waals surface area (Å²) in [6.45, 7) is 3.92. The van der Waals surface area contributed by atoms with Gasteiger partial charge in [0.25, 0.3) is 0 Å². The monoisotopic (exact) mass is 274 g/mol. The first kappa shape index (κ1) is 15.8. The Kier molecular flexibility index (Phi) is 6.44. The average Bonchev–Trinajstić information content (AvgIpc) is 2.39. The molecule has 106 valence electrons. The molecule has 0 radical (unpaired) electrons. The molecule has 1 aliphatic heterocycles. The molecule has 1 saturated heterocycles. The third kappa shape index (κ3) is 3.86. The summed E-state index contributed by atoms with van der Waals surface area (Å²) in [6, 6.07) is 0.219. The van der Waals surface area contributed by atoms with E-state index < -0.39 is 0 Å². The lowest BCUT2D eigenvalue weighted by Crippen LogP contribution is -2.47. The van der Waals surface area contributed by atoms with Crippen LogP contribution in [0.15, 0.2) is 0 Å². The van der Waals surface area contributed by atoms with Gasteiger partial charge in [0.15, 0.2) is 0 Å². The SMILES string of the molecule is CC(N)C1CCCN(C(=O)C2CCCCC2)C1.Cl. The van der Waals surface area contributed by atoms with Crippen LogP contribution >= 0.6 is 12.4 Å². The fourth-order valence-corrected chi connectivity index (χ4v) is 3.25. The summed E-state index contributed by atoms with van der Waals surface area (Å²) < 4.78 is 0. The van der Waals surface area contributed by atoms with Gasteiger partial charge in [-0.25, -0.2) is 0 Å². The molecule has 0 aromatic rings. The lowest BCUT2D eigenvalue weighted by Gasteiger charge is -2.37. The zero-order valence-electron chi connectivity index (χ0n) is 11.4. The fourth-order valence-electron chi connectivity index (χ4n) is 3.25. The second-order valence-electron chi connectivity index (χ2n) is 5.88. The van der Waals surface area contributed by atoms with Crippen molar-refractivity contribution in [3.05, 3.63) is 0 Å². The number of carbonyl (C=O) groups is 1. The lowest BCUT2D eigenvalue weighted by molar-refractivity contribution is -0.138. The minimum Gasteiger partial charge on any atom is -0.342 e. The average molecular weight is 275 g/mol. The highest BCUT2D eigenvalue weighted by Gasteiger charge is 2.30. The van der Waals surface area contributed by atoms with Gasteiger partial charge in [0, 0.05) is 25.0 Å². The Morgan fingerprint density at radius 1 is 1.17 bits per heavy atom. The summed E-state index contributed by atoms with van der Waals surface area (Å²) in [6.07, 6.45) is 8.32. The highest BCUT2D eigenvalue weighted by Crippen LogP contribution is 2.27. The van der Waals surface area contributed by atoms with Gasteiger partial charge in [-0.3, -0.25) is 4.79 Å². The van der Waals surface area contributed by atoms with Crippen molar-refractivity contribution in [2.45, 2.75) is 57.9 Å². The van der Waals surface area contributed by atoms with Crippen molar-refractivity contribution in [1.82, 2.24) is 4.90 Å². The van der Waals surface area contributed by atoms with E-state index in [1.165, 1.54) is 25.7 Å². The summed E-state index contributed by atoms with van der Waals surface area (Å²) in [5.41, 5.74) is 5.97. The van der Waals surface area contributed by atoms with Crippen molar-refractivity contribution in [2.75, 3.05) is 13.1 Å². The third-order valence-electron chi connectivity index (χ3n) is 4.47. The van der Waals surface area contributed by atoms with Crippen molar-refractivity contribution in [3.63, 3.8) is 0 Å². The van der Waals surface area contributed by atoms with Gasteiger partial charge in [-0.05, 0) is 38.5 Å². The molecule has 1 amide bonds. The molecule has 2 atom stereocenters. The number of amides is 1. The second-order valence-corrected chi connectivity index (χ2v) is 5.88. The molecule has 1 heterocycles. The molecular weight excluding hydrogens is 248 g/mol. The number of nitrogens with zero attached hydrogens (tertiary/aromatic N) is 1. The Hall–Kier alpha value is -0.280. The quantitative estimate of drug-likeness (QED) is 0.841. The molecule has 2 aliphatic rings. The van der Waals surface area contributed by atoms with E-state index in [9.17, 15) is 4.79 Å². The van der Waals surface area contributed by atoms with Crippen molar-refractivity contribution in [2.24, 2.45) is 17.6 Å². The Morgan fingerprint density at radius 3 is 2.44 bits per heavy atom. The Bertz CT molecular complexity index is 265. The van der Waals surface area contributed by atoms with E-state index in [-0.39, 0.29) is 18.4 Å². The molecule has 0 bridgehead atoms. The summed E-state index contributed by atoms with van der Waals surface area (Å²) >= 11 is 0. The predicted molar refractivity (Wildman–Crippen MR) is 76.8 cm³/mol. The number of likely N-dealkylation sites (tertiary alicyclic amines) is 1. The van der Waals surface area contributed by atoms with Gasteiger partial charge in [-0.1, -0.05) is 19.3 Å². The molecule has 4 heteroatoms. The Balaban J connectivity index is 0.00000162. The van der Waals surface area contributed by atoms with Gasteiger partial charge in [-0.15, -0.1) is 12.4 Å². The Labute approximate surface area is 117 Å². The van der Waals surface area contributed by atoms with Crippen LogP contribution in [0.1, 0.15) is 51.9 Å². The molecule has 0 aromatic carbocycles. The van der Waals surface area contributed by atoms with Crippen molar-refractivity contribution in [1.29, 1.82) is 0 Å². The number of carbonyl (C=O) groups excluding carboxylic acids is 1. The van der Waals surface area contributed by atoms with E-state index in [4.69, 9.17) is 5.73 Å². The number of halogens is 1. The first-order chi connectivity index (χ1) is 8.18. The van der Waals surface area contributed by atoms with Gasteiger partial charge < -0.3 is 10.6 Å². The number of hydrogen-bond donors (Lipinski definition) is 1. The van der Waals surface area contributed by atoms with E-state index >= 15 is 0 Å². The molecule has 3 nitrogen and oxygen atoms in total. The maximum atomic E-state index is 12.4. The number of nitrogens with two attached hydrogens (primary N) is 1. The van der Waals surface area contributed by atoms with Crippen LogP contribution in [-0.2, 0) is 4.79 Å². The topological polar surface area (TPSA) is 46.3 Å². The molecule has 0 spiro atoms. The van der Waals surface area contributed by atoms with Crippen molar-refractivity contribution in [3.8, 4) is 0 Å². The van der Waals surface area contributed by atoms with E-state index in [2.05, 4.69) is 11.8 Å². The largest absolute Gasteiger partial charge is 0.342 e. The highest BCUT2D eigenvalue weighted by molar-refractivity contribution is 5.85. The van der Waals surface area contributed by atoms with Gasteiger partial charge in [0.2, 0.25) is 5.91 Å². The van der Waals surface area contributed by atoms with Gasteiger partial charge in [0.05, 0.1) is 0 Å². The maximum absolute atomic E-state index is 12.4. The molecule has 2 fully saturated rings. The van der Waals surface area contributed by atoms with Crippen LogP contribution in [0.5, 0.6) is 0 Å². The molecule has 0 aromatic heterocycles. The maximum Gasteiger partial charge on any atom is 0.225 e. The highest BCUT2D eigenvalue weighted by atomic mass is 35.5. The van der Waals surface area contributed by atoms with Crippen LogP contribution in [0.4, 0.5) is 0 Å². The summed E-state index contributed by atoms with van der Waals surface area (Å²) in [5.74, 6) is 1.24. The normalized spacial score (nSPS) is 27.4.